The fourth-order valence-electron chi connectivity index (χ4n) is 1.02. The first-order valence-corrected chi connectivity index (χ1v) is 4.50. The lowest BCUT2D eigenvalue weighted by Crippen LogP contribution is -2.26. The van der Waals surface area contributed by atoms with Crippen LogP contribution < -0.4 is 5.73 Å². The highest BCUT2D eigenvalue weighted by atomic mass is 15.1. The maximum atomic E-state index is 5.65. The van der Waals surface area contributed by atoms with Crippen LogP contribution in [0.5, 0.6) is 0 Å². The molecule has 0 spiro atoms. The van der Waals surface area contributed by atoms with Crippen LogP contribution in [0.3, 0.4) is 0 Å². The number of rotatable bonds is 3. The Kier molecular flexibility index (Phi) is 3.25. The highest BCUT2D eigenvalue weighted by Gasteiger charge is 2.04. The second kappa shape index (κ2) is 4.23. The lowest BCUT2D eigenvalue weighted by Gasteiger charge is -2.20. The van der Waals surface area contributed by atoms with Gasteiger partial charge in [0.1, 0.15) is 0 Å². The number of anilines is 1. The lowest BCUT2D eigenvalue weighted by atomic mass is 10.2. The van der Waals surface area contributed by atoms with E-state index in [1.165, 1.54) is 0 Å². The third-order valence-electron chi connectivity index (χ3n) is 2.13. The fraction of sp³-hybridized carbons (Fsp3) is 0.500. The van der Waals surface area contributed by atoms with Crippen LogP contribution in [0.1, 0.15) is 19.5 Å². The Morgan fingerprint density at radius 2 is 2.23 bits per heavy atom. The highest BCUT2D eigenvalue weighted by Crippen LogP contribution is 2.06. The Morgan fingerprint density at radius 1 is 1.54 bits per heavy atom. The number of hydrogen-bond acceptors (Lipinski definition) is 3. The van der Waals surface area contributed by atoms with Crippen LogP contribution in [0.4, 0.5) is 5.69 Å². The molecule has 0 aliphatic rings. The Morgan fingerprint density at radius 3 is 2.77 bits per heavy atom. The molecule has 0 saturated carbocycles. The van der Waals surface area contributed by atoms with E-state index >= 15 is 0 Å². The van der Waals surface area contributed by atoms with Crippen molar-refractivity contribution in [2.75, 3.05) is 12.8 Å². The highest BCUT2D eigenvalue weighted by molar-refractivity contribution is 5.37. The summed E-state index contributed by atoms with van der Waals surface area (Å²) >= 11 is 0. The van der Waals surface area contributed by atoms with Crippen LogP contribution in [-0.4, -0.2) is 23.0 Å². The summed E-state index contributed by atoms with van der Waals surface area (Å²) in [5.41, 5.74) is 7.46. The SMILES string of the molecule is CC(C)N(C)Cc1cc(N)ccn1. The molecule has 1 heterocycles. The van der Waals surface area contributed by atoms with Gasteiger partial charge in [-0.2, -0.15) is 0 Å². The molecule has 72 valence electrons. The summed E-state index contributed by atoms with van der Waals surface area (Å²) in [4.78, 5) is 6.46. The van der Waals surface area contributed by atoms with Gasteiger partial charge >= 0.3 is 0 Å². The number of hydrogen-bond donors (Lipinski definition) is 1. The average Bonchev–Trinajstić information content (AvgIpc) is 2.04. The van der Waals surface area contributed by atoms with Gasteiger partial charge in [0.25, 0.3) is 0 Å². The van der Waals surface area contributed by atoms with Crippen molar-refractivity contribution in [3.63, 3.8) is 0 Å². The van der Waals surface area contributed by atoms with Crippen molar-refractivity contribution in [2.45, 2.75) is 26.4 Å². The zero-order valence-corrected chi connectivity index (χ0v) is 8.49. The number of aromatic nitrogens is 1. The average molecular weight is 179 g/mol. The number of nitrogens with zero attached hydrogens (tertiary/aromatic N) is 2. The lowest BCUT2D eigenvalue weighted by molar-refractivity contribution is 0.263. The Bertz CT molecular complexity index is 271. The van der Waals surface area contributed by atoms with E-state index in [9.17, 15) is 0 Å². The van der Waals surface area contributed by atoms with Gasteiger partial charge in [0.15, 0.2) is 0 Å². The summed E-state index contributed by atoms with van der Waals surface area (Å²) in [7, 11) is 2.08. The summed E-state index contributed by atoms with van der Waals surface area (Å²) in [6.45, 7) is 5.17. The molecule has 0 saturated heterocycles. The molecule has 0 fully saturated rings. The van der Waals surface area contributed by atoms with E-state index in [1.807, 2.05) is 6.07 Å². The Balaban J connectivity index is 2.64. The molecule has 0 amide bonds. The molecule has 1 rings (SSSR count). The maximum Gasteiger partial charge on any atom is 0.0564 e. The van der Waals surface area contributed by atoms with E-state index in [4.69, 9.17) is 5.73 Å². The molecule has 0 atom stereocenters. The van der Waals surface area contributed by atoms with Gasteiger partial charge in [-0.15, -0.1) is 0 Å². The number of nitrogen functional groups attached to an aromatic ring is 1. The Hall–Kier alpha value is -1.09. The van der Waals surface area contributed by atoms with Gasteiger partial charge in [0, 0.05) is 24.5 Å². The normalized spacial score (nSPS) is 11.2. The van der Waals surface area contributed by atoms with Gasteiger partial charge in [-0.25, -0.2) is 0 Å². The molecule has 0 radical (unpaired) electrons. The van der Waals surface area contributed by atoms with Gasteiger partial charge < -0.3 is 5.73 Å². The van der Waals surface area contributed by atoms with E-state index < -0.39 is 0 Å². The van der Waals surface area contributed by atoms with Gasteiger partial charge in [0.2, 0.25) is 0 Å². The molecule has 2 N–H and O–H groups in total. The topological polar surface area (TPSA) is 42.1 Å². The molecular weight excluding hydrogens is 162 g/mol. The van der Waals surface area contributed by atoms with E-state index in [0.29, 0.717) is 6.04 Å². The van der Waals surface area contributed by atoms with Crippen molar-refractivity contribution in [1.29, 1.82) is 0 Å². The first kappa shape index (κ1) is 9.99. The van der Waals surface area contributed by atoms with Crippen LogP contribution in [-0.2, 0) is 6.54 Å². The third kappa shape index (κ3) is 3.03. The zero-order valence-electron chi connectivity index (χ0n) is 8.49. The monoisotopic (exact) mass is 179 g/mol. The fourth-order valence-corrected chi connectivity index (χ4v) is 1.02. The molecule has 0 aliphatic carbocycles. The standard InChI is InChI=1S/C10H17N3/c1-8(2)13(3)7-10-6-9(11)4-5-12-10/h4-6,8H,7H2,1-3H3,(H2,11,12). The van der Waals surface area contributed by atoms with Crippen molar-refractivity contribution in [1.82, 2.24) is 9.88 Å². The van der Waals surface area contributed by atoms with Crippen molar-refractivity contribution < 1.29 is 0 Å². The molecule has 1 aromatic rings. The summed E-state index contributed by atoms with van der Waals surface area (Å²) < 4.78 is 0. The third-order valence-corrected chi connectivity index (χ3v) is 2.13. The minimum absolute atomic E-state index is 0.531. The number of nitrogens with two attached hydrogens (primary N) is 1. The van der Waals surface area contributed by atoms with Crippen molar-refractivity contribution in [3.8, 4) is 0 Å². The van der Waals surface area contributed by atoms with Crippen LogP contribution in [0, 0.1) is 0 Å². The van der Waals surface area contributed by atoms with Crippen LogP contribution in [0.2, 0.25) is 0 Å². The molecule has 13 heavy (non-hydrogen) atoms. The summed E-state index contributed by atoms with van der Waals surface area (Å²) in [5.74, 6) is 0. The molecule has 0 aliphatic heterocycles. The zero-order chi connectivity index (χ0) is 9.84. The van der Waals surface area contributed by atoms with E-state index in [0.717, 1.165) is 17.9 Å². The molecule has 0 unspecified atom stereocenters. The predicted octanol–water partition coefficient (Wildman–Crippen LogP) is 1.50. The predicted molar refractivity (Wildman–Crippen MR) is 55.3 cm³/mol. The maximum absolute atomic E-state index is 5.65. The van der Waals surface area contributed by atoms with E-state index in [2.05, 4.69) is 30.8 Å². The van der Waals surface area contributed by atoms with E-state index in [-0.39, 0.29) is 0 Å². The van der Waals surface area contributed by atoms with Crippen LogP contribution in [0.25, 0.3) is 0 Å². The van der Waals surface area contributed by atoms with E-state index in [1.54, 1.807) is 12.3 Å². The Labute approximate surface area is 79.6 Å². The van der Waals surface area contributed by atoms with Gasteiger partial charge in [-0.1, -0.05) is 0 Å². The van der Waals surface area contributed by atoms with Crippen LogP contribution >= 0.6 is 0 Å². The molecular formula is C10H17N3. The second-order valence-corrected chi connectivity index (χ2v) is 3.59. The summed E-state index contributed by atoms with van der Waals surface area (Å²) in [5, 5.41) is 0. The first-order valence-electron chi connectivity index (χ1n) is 4.50. The largest absolute Gasteiger partial charge is 0.399 e. The molecule has 3 nitrogen and oxygen atoms in total. The van der Waals surface area contributed by atoms with Gasteiger partial charge in [-0.05, 0) is 33.0 Å². The minimum atomic E-state index is 0.531. The van der Waals surface area contributed by atoms with Gasteiger partial charge in [0.05, 0.1) is 5.69 Å². The minimum Gasteiger partial charge on any atom is -0.399 e. The van der Waals surface area contributed by atoms with Crippen molar-refractivity contribution in [2.24, 2.45) is 0 Å². The molecule has 0 aromatic carbocycles. The van der Waals surface area contributed by atoms with Crippen molar-refractivity contribution in [3.05, 3.63) is 24.0 Å². The first-order chi connectivity index (χ1) is 6.09. The summed E-state index contributed by atoms with van der Waals surface area (Å²) in [6.07, 6.45) is 1.75. The van der Waals surface area contributed by atoms with Crippen LogP contribution in [0.15, 0.2) is 18.3 Å². The molecule has 3 heteroatoms. The quantitative estimate of drug-likeness (QED) is 0.764. The second-order valence-electron chi connectivity index (χ2n) is 3.59. The molecule has 1 aromatic heterocycles. The smallest absolute Gasteiger partial charge is 0.0564 e. The van der Waals surface area contributed by atoms with Gasteiger partial charge in [-0.3, -0.25) is 9.88 Å². The molecule has 0 bridgehead atoms. The summed E-state index contributed by atoms with van der Waals surface area (Å²) in [6, 6.07) is 4.25. The van der Waals surface area contributed by atoms with Crippen molar-refractivity contribution >= 4 is 5.69 Å². The number of pyridine rings is 1.